The minimum atomic E-state index is -1.16. The highest BCUT2D eigenvalue weighted by Gasteiger charge is 2.17. The van der Waals surface area contributed by atoms with Crippen molar-refractivity contribution >= 4 is 11.9 Å². The molecule has 1 amide bonds. The van der Waals surface area contributed by atoms with Crippen molar-refractivity contribution in [1.82, 2.24) is 0 Å². The maximum atomic E-state index is 10.9. The average molecular weight is 195 g/mol. The molecule has 1 aromatic rings. The molecule has 0 aromatic heterocycles. The summed E-state index contributed by atoms with van der Waals surface area (Å²) in [7, 11) is 1.29. The number of aromatic carboxylic acids is 1. The van der Waals surface area contributed by atoms with Crippen LogP contribution in [0.25, 0.3) is 0 Å². The van der Waals surface area contributed by atoms with Crippen LogP contribution in [0.1, 0.15) is 20.7 Å². The maximum absolute atomic E-state index is 10.9. The lowest BCUT2D eigenvalue weighted by Gasteiger charge is -2.07. The second-order valence-corrected chi connectivity index (χ2v) is 2.56. The monoisotopic (exact) mass is 195 g/mol. The molecule has 5 heteroatoms. The quantitative estimate of drug-likeness (QED) is 0.734. The largest absolute Gasteiger partial charge is 0.495 e. The van der Waals surface area contributed by atoms with Gasteiger partial charge in [-0.15, -0.1) is 0 Å². The summed E-state index contributed by atoms with van der Waals surface area (Å²) in [6.07, 6.45) is 0. The number of ether oxygens (including phenoxy) is 1. The molecule has 0 unspecified atom stereocenters. The Hall–Kier alpha value is -2.04. The van der Waals surface area contributed by atoms with Crippen molar-refractivity contribution in [1.29, 1.82) is 0 Å². The van der Waals surface area contributed by atoms with E-state index >= 15 is 0 Å². The predicted octanol–water partition coefficient (Wildman–Crippen LogP) is 0.492. The van der Waals surface area contributed by atoms with Crippen molar-refractivity contribution in [3.8, 4) is 5.75 Å². The topological polar surface area (TPSA) is 89.6 Å². The van der Waals surface area contributed by atoms with Crippen LogP contribution in [0.15, 0.2) is 18.2 Å². The summed E-state index contributed by atoms with van der Waals surface area (Å²) in [5.74, 6) is -1.89. The average Bonchev–Trinajstić information content (AvgIpc) is 2.16. The number of carboxylic acid groups (broad SMARTS) is 1. The molecule has 0 heterocycles. The van der Waals surface area contributed by atoms with E-state index in [2.05, 4.69) is 0 Å². The maximum Gasteiger partial charge on any atom is 0.339 e. The van der Waals surface area contributed by atoms with Gasteiger partial charge in [0, 0.05) is 0 Å². The first-order valence-corrected chi connectivity index (χ1v) is 3.78. The number of carboxylic acids is 1. The number of hydrogen-bond acceptors (Lipinski definition) is 3. The fourth-order valence-corrected chi connectivity index (χ4v) is 1.12. The molecule has 14 heavy (non-hydrogen) atoms. The van der Waals surface area contributed by atoms with Gasteiger partial charge < -0.3 is 15.6 Å². The van der Waals surface area contributed by atoms with E-state index in [1.807, 2.05) is 0 Å². The number of amides is 1. The standard InChI is InChI=1S/C9H9NO4/c1-14-7-5(8(10)11)3-2-4-6(7)9(12)13/h2-4H,1H3,(H2,10,11)(H,12,13). The lowest BCUT2D eigenvalue weighted by atomic mass is 10.1. The Morgan fingerprint density at radius 1 is 1.36 bits per heavy atom. The molecule has 5 nitrogen and oxygen atoms in total. The Labute approximate surface area is 80.1 Å². The summed E-state index contributed by atoms with van der Waals surface area (Å²) in [5.41, 5.74) is 5.03. The molecule has 0 spiro atoms. The Morgan fingerprint density at radius 2 is 1.93 bits per heavy atom. The highest BCUT2D eigenvalue weighted by atomic mass is 16.5. The minimum Gasteiger partial charge on any atom is -0.495 e. The molecule has 0 atom stereocenters. The Morgan fingerprint density at radius 3 is 2.36 bits per heavy atom. The summed E-state index contributed by atoms with van der Waals surface area (Å²) in [6.45, 7) is 0. The van der Waals surface area contributed by atoms with E-state index < -0.39 is 11.9 Å². The molecule has 0 saturated carbocycles. The van der Waals surface area contributed by atoms with Gasteiger partial charge in [-0.2, -0.15) is 0 Å². The third-order valence-electron chi connectivity index (χ3n) is 1.72. The van der Waals surface area contributed by atoms with Crippen molar-refractivity contribution in [3.05, 3.63) is 29.3 Å². The van der Waals surface area contributed by atoms with Gasteiger partial charge in [0.25, 0.3) is 5.91 Å². The zero-order chi connectivity index (χ0) is 10.7. The highest BCUT2D eigenvalue weighted by molar-refractivity contribution is 6.01. The first kappa shape index (κ1) is 10.0. The van der Waals surface area contributed by atoms with Crippen LogP contribution in [0.5, 0.6) is 5.75 Å². The van der Waals surface area contributed by atoms with Gasteiger partial charge in [-0.1, -0.05) is 6.07 Å². The number of primary amides is 1. The minimum absolute atomic E-state index is 0.00694. The van der Waals surface area contributed by atoms with Crippen LogP contribution < -0.4 is 10.5 Å². The lowest BCUT2D eigenvalue weighted by Crippen LogP contribution is -2.14. The molecule has 74 valence electrons. The van der Waals surface area contributed by atoms with Crippen LogP contribution in [0, 0.1) is 0 Å². The smallest absolute Gasteiger partial charge is 0.339 e. The SMILES string of the molecule is COc1c(C(N)=O)cccc1C(=O)O. The van der Waals surface area contributed by atoms with E-state index in [9.17, 15) is 9.59 Å². The van der Waals surface area contributed by atoms with Gasteiger partial charge in [-0.3, -0.25) is 4.79 Å². The molecular formula is C9H9NO4. The van der Waals surface area contributed by atoms with Gasteiger partial charge in [0.05, 0.1) is 12.7 Å². The fourth-order valence-electron chi connectivity index (χ4n) is 1.12. The normalized spacial score (nSPS) is 9.50. The van der Waals surface area contributed by atoms with Crippen LogP contribution in [-0.2, 0) is 0 Å². The molecule has 0 aliphatic rings. The fraction of sp³-hybridized carbons (Fsp3) is 0.111. The third-order valence-corrected chi connectivity index (χ3v) is 1.72. The van der Waals surface area contributed by atoms with E-state index in [4.69, 9.17) is 15.6 Å². The second kappa shape index (κ2) is 3.78. The molecule has 0 aliphatic carbocycles. The Balaban J connectivity index is 3.39. The van der Waals surface area contributed by atoms with E-state index in [-0.39, 0.29) is 16.9 Å². The van der Waals surface area contributed by atoms with Crippen LogP contribution >= 0.6 is 0 Å². The van der Waals surface area contributed by atoms with E-state index in [0.717, 1.165) is 0 Å². The van der Waals surface area contributed by atoms with Gasteiger partial charge in [0.2, 0.25) is 0 Å². The molecule has 3 N–H and O–H groups in total. The Kier molecular flexibility index (Phi) is 2.71. The second-order valence-electron chi connectivity index (χ2n) is 2.56. The van der Waals surface area contributed by atoms with Gasteiger partial charge in [-0.05, 0) is 12.1 Å². The third kappa shape index (κ3) is 1.66. The molecule has 0 fully saturated rings. The molecule has 1 rings (SSSR count). The number of para-hydroxylation sites is 1. The van der Waals surface area contributed by atoms with Crippen molar-refractivity contribution in [2.24, 2.45) is 5.73 Å². The van der Waals surface area contributed by atoms with Crippen LogP contribution in [0.3, 0.4) is 0 Å². The van der Waals surface area contributed by atoms with Crippen LogP contribution in [0.2, 0.25) is 0 Å². The summed E-state index contributed by atoms with van der Waals surface area (Å²) >= 11 is 0. The summed E-state index contributed by atoms with van der Waals surface area (Å²) in [5, 5.41) is 8.77. The number of hydrogen-bond donors (Lipinski definition) is 2. The van der Waals surface area contributed by atoms with Gasteiger partial charge in [0.1, 0.15) is 11.3 Å². The number of benzene rings is 1. The van der Waals surface area contributed by atoms with E-state index in [0.29, 0.717) is 0 Å². The predicted molar refractivity (Wildman–Crippen MR) is 48.5 cm³/mol. The van der Waals surface area contributed by atoms with Crippen molar-refractivity contribution in [3.63, 3.8) is 0 Å². The molecule has 0 aliphatic heterocycles. The number of rotatable bonds is 3. The number of nitrogens with two attached hydrogens (primary N) is 1. The van der Waals surface area contributed by atoms with E-state index in [1.165, 1.54) is 25.3 Å². The van der Waals surface area contributed by atoms with Crippen molar-refractivity contribution < 1.29 is 19.4 Å². The zero-order valence-corrected chi connectivity index (χ0v) is 7.48. The molecular weight excluding hydrogens is 186 g/mol. The summed E-state index contributed by atoms with van der Waals surface area (Å²) in [4.78, 5) is 21.6. The molecule has 0 saturated heterocycles. The lowest BCUT2D eigenvalue weighted by molar-refractivity contribution is 0.0693. The van der Waals surface area contributed by atoms with Gasteiger partial charge in [-0.25, -0.2) is 4.79 Å². The van der Waals surface area contributed by atoms with Gasteiger partial charge >= 0.3 is 5.97 Å². The number of carbonyl (C=O) groups excluding carboxylic acids is 1. The van der Waals surface area contributed by atoms with Crippen LogP contribution in [0.4, 0.5) is 0 Å². The number of carbonyl (C=O) groups is 2. The zero-order valence-electron chi connectivity index (χ0n) is 7.48. The van der Waals surface area contributed by atoms with Crippen molar-refractivity contribution in [2.75, 3.05) is 7.11 Å². The van der Waals surface area contributed by atoms with Gasteiger partial charge in [0.15, 0.2) is 0 Å². The first-order chi connectivity index (χ1) is 6.57. The summed E-state index contributed by atoms with van der Waals surface area (Å²) < 4.78 is 4.82. The first-order valence-electron chi connectivity index (χ1n) is 3.78. The Bertz CT molecular complexity index is 354. The molecule has 1 aromatic carbocycles. The van der Waals surface area contributed by atoms with Crippen LogP contribution in [-0.4, -0.2) is 24.1 Å². The van der Waals surface area contributed by atoms with Crippen molar-refractivity contribution in [2.45, 2.75) is 0 Å². The molecule has 0 radical (unpaired) electrons. The highest BCUT2D eigenvalue weighted by Crippen LogP contribution is 2.23. The van der Waals surface area contributed by atoms with E-state index in [1.54, 1.807) is 0 Å². The number of methoxy groups -OCH3 is 1. The summed E-state index contributed by atoms with van der Waals surface area (Å²) in [6, 6.07) is 4.19. The molecule has 0 bridgehead atoms.